The molecule has 0 aromatic heterocycles. The molecule has 4 N–H and O–H groups in total. The van der Waals surface area contributed by atoms with Gasteiger partial charge in [0.25, 0.3) is 5.91 Å². The Labute approximate surface area is 113 Å². The van der Waals surface area contributed by atoms with Gasteiger partial charge in [-0.1, -0.05) is 18.2 Å². The first-order chi connectivity index (χ1) is 8.11. The smallest absolute Gasteiger partial charge is 0.251 e. The molecular weight excluding hydrogens is 254 g/mol. The lowest BCUT2D eigenvalue weighted by Crippen LogP contribution is -2.42. The summed E-state index contributed by atoms with van der Waals surface area (Å²) in [5.74, 6) is -0.375. The van der Waals surface area contributed by atoms with E-state index >= 15 is 0 Å². The van der Waals surface area contributed by atoms with Gasteiger partial charge in [-0.15, -0.1) is 12.4 Å². The van der Waals surface area contributed by atoms with Crippen molar-refractivity contribution in [2.24, 2.45) is 5.73 Å². The lowest BCUT2D eigenvalue weighted by atomic mass is 10.2. The Morgan fingerprint density at radius 2 is 1.72 bits per heavy atom. The maximum Gasteiger partial charge on any atom is 0.251 e. The number of rotatable bonds is 5. The summed E-state index contributed by atoms with van der Waals surface area (Å²) in [6, 6.07) is 8.38. The van der Waals surface area contributed by atoms with Crippen molar-refractivity contribution in [3.63, 3.8) is 0 Å². The number of hydrogen-bond donors (Lipinski definition) is 3. The summed E-state index contributed by atoms with van der Waals surface area (Å²) in [6.07, 6.45) is 0. The third kappa shape index (κ3) is 5.65. The van der Waals surface area contributed by atoms with E-state index in [2.05, 4.69) is 10.6 Å². The molecule has 0 fully saturated rings. The van der Waals surface area contributed by atoms with Gasteiger partial charge in [0, 0.05) is 18.7 Å². The molecule has 2 amide bonds. The van der Waals surface area contributed by atoms with Crippen LogP contribution in [0.1, 0.15) is 17.3 Å². The lowest BCUT2D eigenvalue weighted by Gasteiger charge is -2.08. The number of carbonyl (C=O) groups excluding carboxylic acids is 2. The van der Waals surface area contributed by atoms with Crippen LogP contribution in [0.4, 0.5) is 0 Å². The summed E-state index contributed by atoms with van der Waals surface area (Å²) < 4.78 is 0. The van der Waals surface area contributed by atoms with Gasteiger partial charge in [0.2, 0.25) is 5.91 Å². The summed E-state index contributed by atoms with van der Waals surface area (Å²) in [6.45, 7) is 2.36. The molecule has 0 bridgehead atoms. The molecule has 1 aromatic carbocycles. The number of hydrogen-bond acceptors (Lipinski definition) is 3. The maximum atomic E-state index is 11.6. The Bertz CT molecular complexity index is 382. The van der Waals surface area contributed by atoms with Crippen molar-refractivity contribution in [2.75, 3.05) is 13.1 Å². The molecule has 1 rings (SSSR count). The first kappa shape index (κ1) is 16.4. The molecular formula is C12H18ClN3O2. The Morgan fingerprint density at radius 3 is 2.28 bits per heavy atom. The minimum Gasteiger partial charge on any atom is -0.353 e. The molecule has 0 aliphatic heterocycles. The van der Waals surface area contributed by atoms with Gasteiger partial charge in [-0.05, 0) is 19.1 Å². The second-order valence-electron chi connectivity index (χ2n) is 3.70. The molecule has 0 aliphatic rings. The van der Waals surface area contributed by atoms with Crippen molar-refractivity contribution in [2.45, 2.75) is 13.0 Å². The average molecular weight is 272 g/mol. The average Bonchev–Trinajstić information content (AvgIpc) is 2.35. The normalized spacial score (nSPS) is 11.0. The number of amides is 2. The van der Waals surface area contributed by atoms with Crippen LogP contribution in [0.25, 0.3) is 0 Å². The van der Waals surface area contributed by atoms with Crippen LogP contribution in [0, 0.1) is 0 Å². The Balaban J connectivity index is 0.00000289. The highest BCUT2D eigenvalue weighted by Crippen LogP contribution is 1.96. The fraction of sp³-hybridized carbons (Fsp3) is 0.333. The SMILES string of the molecule is C[C@@H](N)C(=O)NCCNC(=O)c1ccccc1.Cl. The van der Waals surface area contributed by atoms with Gasteiger partial charge in [0.15, 0.2) is 0 Å². The Hall–Kier alpha value is -1.59. The molecule has 0 heterocycles. The molecule has 0 spiro atoms. The van der Waals surface area contributed by atoms with Crippen LogP contribution in [0.3, 0.4) is 0 Å². The zero-order valence-electron chi connectivity index (χ0n) is 10.2. The van der Waals surface area contributed by atoms with Crippen molar-refractivity contribution in [1.29, 1.82) is 0 Å². The van der Waals surface area contributed by atoms with Crippen LogP contribution in [0.2, 0.25) is 0 Å². The van der Waals surface area contributed by atoms with Gasteiger partial charge in [0.05, 0.1) is 6.04 Å². The standard InChI is InChI=1S/C12H17N3O2.ClH/c1-9(13)11(16)14-7-8-15-12(17)10-5-3-2-4-6-10;/h2-6,9H,7-8,13H2,1H3,(H,14,16)(H,15,17);1H/t9-;/m1./s1. The fourth-order valence-electron chi connectivity index (χ4n) is 1.21. The molecule has 0 aliphatic carbocycles. The number of halogens is 1. The summed E-state index contributed by atoms with van der Waals surface area (Å²) in [5.41, 5.74) is 5.97. The molecule has 0 saturated heterocycles. The van der Waals surface area contributed by atoms with Gasteiger partial charge >= 0.3 is 0 Å². The monoisotopic (exact) mass is 271 g/mol. The van der Waals surface area contributed by atoms with E-state index in [1.807, 2.05) is 6.07 Å². The quantitative estimate of drug-likeness (QED) is 0.674. The first-order valence-corrected chi connectivity index (χ1v) is 5.48. The third-order valence-corrected chi connectivity index (χ3v) is 2.16. The number of carbonyl (C=O) groups is 2. The van der Waals surface area contributed by atoms with Gasteiger partial charge < -0.3 is 16.4 Å². The van der Waals surface area contributed by atoms with E-state index < -0.39 is 6.04 Å². The fourth-order valence-corrected chi connectivity index (χ4v) is 1.21. The zero-order valence-corrected chi connectivity index (χ0v) is 11.0. The predicted octanol–water partition coefficient (Wildman–Crippen LogP) is 0.302. The van der Waals surface area contributed by atoms with Crippen molar-refractivity contribution < 1.29 is 9.59 Å². The second-order valence-corrected chi connectivity index (χ2v) is 3.70. The van der Waals surface area contributed by atoms with E-state index in [9.17, 15) is 9.59 Å². The van der Waals surface area contributed by atoms with Crippen molar-refractivity contribution in [1.82, 2.24) is 10.6 Å². The molecule has 5 nitrogen and oxygen atoms in total. The van der Waals surface area contributed by atoms with E-state index in [0.29, 0.717) is 18.7 Å². The van der Waals surface area contributed by atoms with E-state index in [1.165, 1.54) is 0 Å². The molecule has 6 heteroatoms. The topological polar surface area (TPSA) is 84.2 Å². The van der Waals surface area contributed by atoms with Crippen LogP contribution >= 0.6 is 12.4 Å². The minimum absolute atomic E-state index is 0. The Morgan fingerprint density at radius 1 is 1.17 bits per heavy atom. The van der Waals surface area contributed by atoms with E-state index in [4.69, 9.17) is 5.73 Å². The highest BCUT2D eigenvalue weighted by Gasteiger charge is 2.06. The summed E-state index contributed by atoms with van der Waals surface area (Å²) in [5, 5.41) is 5.31. The van der Waals surface area contributed by atoms with E-state index in [0.717, 1.165) is 0 Å². The van der Waals surface area contributed by atoms with Crippen molar-refractivity contribution in [3.05, 3.63) is 35.9 Å². The maximum absolute atomic E-state index is 11.6. The molecule has 18 heavy (non-hydrogen) atoms. The number of nitrogens with one attached hydrogen (secondary N) is 2. The second kappa shape index (κ2) is 8.49. The molecule has 1 aromatic rings. The Kier molecular flexibility index (Phi) is 7.74. The molecule has 0 saturated carbocycles. The third-order valence-electron chi connectivity index (χ3n) is 2.16. The van der Waals surface area contributed by atoms with Crippen LogP contribution in [-0.2, 0) is 4.79 Å². The summed E-state index contributed by atoms with van der Waals surface area (Å²) in [4.78, 5) is 22.7. The van der Waals surface area contributed by atoms with Crippen LogP contribution in [0.5, 0.6) is 0 Å². The minimum atomic E-state index is -0.528. The van der Waals surface area contributed by atoms with Gasteiger partial charge in [-0.3, -0.25) is 9.59 Å². The largest absolute Gasteiger partial charge is 0.353 e. The number of nitrogens with two attached hydrogens (primary N) is 1. The lowest BCUT2D eigenvalue weighted by molar-refractivity contribution is -0.121. The highest BCUT2D eigenvalue weighted by atomic mass is 35.5. The van der Waals surface area contributed by atoms with Gasteiger partial charge in [-0.25, -0.2) is 0 Å². The summed E-state index contributed by atoms with van der Waals surface area (Å²) >= 11 is 0. The van der Waals surface area contributed by atoms with E-state index in [1.54, 1.807) is 31.2 Å². The van der Waals surface area contributed by atoms with Crippen LogP contribution in [-0.4, -0.2) is 30.9 Å². The molecule has 0 radical (unpaired) electrons. The van der Waals surface area contributed by atoms with Crippen LogP contribution < -0.4 is 16.4 Å². The number of benzene rings is 1. The zero-order chi connectivity index (χ0) is 12.7. The predicted molar refractivity (Wildman–Crippen MR) is 72.7 cm³/mol. The van der Waals surface area contributed by atoms with E-state index in [-0.39, 0.29) is 24.2 Å². The highest BCUT2D eigenvalue weighted by molar-refractivity contribution is 5.94. The first-order valence-electron chi connectivity index (χ1n) is 5.48. The molecule has 0 unspecified atom stereocenters. The van der Waals surface area contributed by atoms with Gasteiger partial charge in [0.1, 0.15) is 0 Å². The molecule has 1 atom stereocenters. The van der Waals surface area contributed by atoms with Crippen molar-refractivity contribution in [3.8, 4) is 0 Å². The van der Waals surface area contributed by atoms with Gasteiger partial charge in [-0.2, -0.15) is 0 Å². The summed E-state index contributed by atoms with van der Waals surface area (Å²) in [7, 11) is 0. The van der Waals surface area contributed by atoms with Crippen LogP contribution in [0.15, 0.2) is 30.3 Å². The van der Waals surface area contributed by atoms with Crippen molar-refractivity contribution >= 4 is 24.2 Å². The molecule has 100 valence electrons.